The molecule has 2 aromatic rings. The molecule has 0 spiro atoms. The van der Waals surface area contributed by atoms with Crippen molar-refractivity contribution < 1.29 is 9.47 Å². The number of hydrogen-bond acceptors (Lipinski definition) is 4. The zero-order valence-corrected chi connectivity index (χ0v) is 13.0. The summed E-state index contributed by atoms with van der Waals surface area (Å²) < 4.78 is 10.4. The van der Waals surface area contributed by atoms with Gasteiger partial charge < -0.3 is 14.8 Å². The first-order valence-electron chi connectivity index (χ1n) is 6.66. The molecule has 1 aromatic heterocycles. The molecule has 1 N–H and O–H groups in total. The van der Waals surface area contributed by atoms with E-state index < -0.39 is 0 Å². The van der Waals surface area contributed by atoms with Crippen molar-refractivity contribution in [1.29, 1.82) is 0 Å². The lowest BCUT2D eigenvalue weighted by Crippen LogP contribution is -2.16. The van der Waals surface area contributed by atoms with Crippen LogP contribution in [0.15, 0.2) is 35.7 Å². The third kappa shape index (κ3) is 3.60. The van der Waals surface area contributed by atoms with Crippen LogP contribution in [0.2, 0.25) is 0 Å². The topological polar surface area (TPSA) is 30.5 Å². The van der Waals surface area contributed by atoms with E-state index in [4.69, 9.17) is 9.47 Å². The first-order valence-corrected chi connectivity index (χ1v) is 7.54. The van der Waals surface area contributed by atoms with E-state index in [1.807, 2.05) is 12.4 Å². The Morgan fingerprint density at radius 2 is 1.95 bits per heavy atom. The highest BCUT2D eigenvalue weighted by Crippen LogP contribution is 2.30. The van der Waals surface area contributed by atoms with Gasteiger partial charge in [-0.05, 0) is 30.7 Å². The molecular formula is C16H21NO2S. The molecule has 2 rings (SSSR count). The summed E-state index contributed by atoms with van der Waals surface area (Å²) in [7, 11) is 5.41. The van der Waals surface area contributed by atoms with Crippen LogP contribution in [0.1, 0.15) is 22.0 Å². The fourth-order valence-corrected chi connectivity index (χ4v) is 3.15. The van der Waals surface area contributed by atoms with E-state index >= 15 is 0 Å². The van der Waals surface area contributed by atoms with Crippen molar-refractivity contribution in [2.24, 2.45) is 0 Å². The Bertz CT molecular complexity index is 522. The smallest absolute Gasteiger partial charge is 0.129 e. The van der Waals surface area contributed by atoms with Crippen LogP contribution in [-0.2, 0) is 11.2 Å². The van der Waals surface area contributed by atoms with Crippen LogP contribution in [-0.4, -0.2) is 27.9 Å². The van der Waals surface area contributed by atoms with Crippen LogP contribution in [0.5, 0.6) is 5.75 Å². The van der Waals surface area contributed by atoms with Gasteiger partial charge in [-0.1, -0.05) is 24.3 Å². The summed E-state index contributed by atoms with van der Waals surface area (Å²) in [5.41, 5.74) is 2.56. The van der Waals surface area contributed by atoms with Crippen molar-refractivity contribution in [3.8, 4) is 5.75 Å². The second-order valence-electron chi connectivity index (χ2n) is 4.59. The van der Waals surface area contributed by atoms with E-state index in [0.29, 0.717) is 0 Å². The van der Waals surface area contributed by atoms with Gasteiger partial charge in [0.15, 0.2) is 0 Å². The van der Waals surface area contributed by atoms with Gasteiger partial charge in [-0.15, -0.1) is 11.3 Å². The first-order chi connectivity index (χ1) is 9.78. The van der Waals surface area contributed by atoms with E-state index in [-0.39, 0.29) is 6.04 Å². The molecule has 1 aromatic carbocycles. The zero-order valence-electron chi connectivity index (χ0n) is 12.2. The second kappa shape index (κ2) is 7.43. The number of ether oxygens (including phenoxy) is 2. The fourth-order valence-electron chi connectivity index (χ4n) is 2.16. The van der Waals surface area contributed by atoms with Gasteiger partial charge in [-0.2, -0.15) is 0 Å². The lowest BCUT2D eigenvalue weighted by atomic mass is 10.0. The van der Waals surface area contributed by atoms with Crippen molar-refractivity contribution in [1.82, 2.24) is 5.32 Å². The van der Waals surface area contributed by atoms with Gasteiger partial charge in [0.05, 0.1) is 19.8 Å². The molecule has 4 heteroatoms. The van der Waals surface area contributed by atoms with Gasteiger partial charge >= 0.3 is 0 Å². The predicted molar refractivity (Wildman–Crippen MR) is 83.8 cm³/mol. The molecular weight excluding hydrogens is 270 g/mol. The maximum Gasteiger partial charge on any atom is 0.129 e. The summed E-state index contributed by atoms with van der Waals surface area (Å²) in [4.78, 5) is 1.26. The van der Waals surface area contributed by atoms with Gasteiger partial charge in [-0.3, -0.25) is 0 Å². The summed E-state index contributed by atoms with van der Waals surface area (Å²) in [6.45, 7) is 0.761. The quantitative estimate of drug-likeness (QED) is 0.849. The molecule has 1 atom stereocenters. The minimum Gasteiger partial charge on any atom is -0.496 e. The molecule has 0 aliphatic carbocycles. The van der Waals surface area contributed by atoms with Crippen molar-refractivity contribution >= 4 is 11.3 Å². The summed E-state index contributed by atoms with van der Waals surface area (Å²) in [6.07, 6.45) is 0.952. The van der Waals surface area contributed by atoms with Crippen LogP contribution < -0.4 is 10.1 Å². The van der Waals surface area contributed by atoms with E-state index in [0.717, 1.165) is 18.8 Å². The maximum atomic E-state index is 5.26. The average Bonchev–Trinajstić information content (AvgIpc) is 2.96. The normalized spacial score (nSPS) is 12.3. The molecule has 0 radical (unpaired) electrons. The molecule has 0 saturated heterocycles. The summed E-state index contributed by atoms with van der Waals surface area (Å²) in [5, 5.41) is 5.40. The van der Waals surface area contributed by atoms with E-state index in [2.05, 4.69) is 35.6 Å². The molecule has 3 nitrogen and oxygen atoms in total. The summed E-state index contributed by atoms with van der Waals surface area (Å²) in [5.74, 6) is 0.918. The highest BCUT2D eigenvalue weighted by atomic mass is 32.1. The minimum atomic E-state index is 0.209. The second-order valence-corrected chi connectivity index (χ2v) is 5.54. The SMILES string of the molecule is CNC(c1ccc(CCOC)cc1)c1cc(OC)cs1. The van der Waals surface area contributed by atoms with E-state index in [9.17, 15) is 0 Å². The molecule has 0 saturated carbocycles. The minimum absolute atomic E-state index is 0.209. The Morgan fingerprint density at radius 3 is 2.50 bits per heavy atom. The molecule has 108 valence electrons. The zero-order chi connectivity index (χ0) is 14.4. The first kappa shape index (κ1) is 15.0. The number of benzene rings is 1. The van der Waals surface area contributed by atoms with Crippen molar-refractivity contribution in [2.75, 3.05) is 27.9 Å². The van der Waals surface area contributed by atoms with Crippen molar-refractivity contribution in [2.45, 2.75) is 12.5 Å². The lowest BCUT2D eigenvalue weighted by Gasteiger charge is -2.15. The molecule has 1 heterocycles. The van der Waals surface area contributed by atoms with Gasteiger partial charge in [0.1, 0.15) is 5.75 Å². The summed E-state index contributed by atoms with van der Waals surface area (Å²) >= 11 is 1.71. The molecule has 0 aliphatic heterocycles. The van der Waals surface area contributed by atoms with Gasteiger partial charge in [-0.25, -0.2) is 0 Å². The molecule has 1 unspecified atom stereocenters. The van der Waals surface area contributed by atoms with Crippen LogP contribution in [0.4, 0.5) is 0 Å². The van der Waals surface area contributed by atoms with E-state index in [1.165, 1.54) is 16.0 Å². The van der Waals surface area contributed by atoms with E-state index in [1.54, 1.807) is 25.6 Å². The van der Waals surface area contributed by atoms with Gasteiger partial charge in [0, 0.05) is 17.4 Å². The third-order valence-electron chi connectivity index (χ3n) is 3.31. The number of hydrogen-bond donors (Lipinski definition) is 1. The monoisotopic (exact) mass is 291 g/mol. The highest BCUT2D eigenvalue weighted by Gasteiger charge is 2.14. The van der Waals surface area contributed by atoms with Gasteiger partial charge in [0.2, 0.25) is 0 Å². The molecule has 0 bridgehead atoms. The Hall–Kier alpha value is -1.36. The number of rotatable bonds is 7. The third-order valence-corrected chi connectivity index (χ3v) is 4.29. The molecule has 0 fully saturated rings. The van der Waals surface area contributed by atoms with Crippen LogP contribution in [0.3, 0.4) is 0 Å². The maximum absolute atomic E-state index is 5.26. The Morgan fingerprint density at radius 1 is 1.20 bits per heavy atom. The van der Waals surface area contributed by atoms with Crippen LogP contribution >= 0.6 is 11.3 Å². The summed E-state index contributed by atoms with van der Waals surface area (Å²) in [6, 6.07) is 11.0. The Balaban J connectivity index is 2.14. The number of thiophene rings is 1. The predicted octanol–water partition coefficient (Wildman–Crippen LogP) is 3.25. The number of methoxy groups -OCH3 is 2. The lowest BCUT2D eigenvalue weighted by molar-refractivity contribution is 0.202. The largest absolute Gasteiger partial charge is 0.496 e. The van der Waals surface area contributed by atoms with Crippen LogP contribution in [0.25, 0.3) is 0 Å². The molecule has 0 amide bonds. The van der Waals surface area contributed by atoms with Crippen molar-refractivity contribution in [3.63, 3.8) is 0 Å². The average molecular weight is 291 g/mol. The Labute approximate surface area is 124 Å². The van der Waals surface area contributed by atoms with Gasteiger partial charge in [0.25, 0.3) is 0 Å². The highest BCUT2D eigenvalue weighted by molar-refractivity contribution is 7.10. The number of nitrogens with one attached hydrogen (secondary N) is 1. The molecule has 20 heavy (non-hydrogen) atoms. The molecule has 0 aliphatic rings. The fraction of sp³-hybridized carbons (Fsp3) is 0.375. The standard InChI is InChI=1S/C16H21NO2S/c1-17-16(15-10-14(19-3)11-20-15)13-6-4-12(5-7-13)8-9-18-2/h4-7,10-11,16-17H,8-9H2,1-3H3. The Kier molecular flexibility index (Phi) is 5.59. The van der Waals surface area contributed by atoms with Crippen LogP contribution in [0, 0.1) is 0 Å². The van der Waals surface area contributed by atoms with Crippen molar-refractivity contribution in [3.05, 3.63) is 51.7 Å².